The molecule has 1 aromatic heterocycles. The van der Waals surface area contributed by atoms with Crippen molar-refractivity contribution >= 4 is 0 Å². The maximum atomic E-state index is 5.63. The van der Waals surface area contributed by atoms with Gasteiger partial charge in [-0.2, -0.15) is 0 Å². The topological polar surface area (TPSA) is 75.2 Å². The first-order valence-corrected chi connectivity index (χ1v) is 5.13. The van der Waals surface area contributed by atoms with Crippen molar-refractivity contribution in [2.45, 2.75) is 6.54 Å². The second kappa shape index (κ2) is 4.84. The molecule has 0 aliphatic carbocycles. The minimum Gasteiger partial charge on any atom is -0.495 e. The summed E-state index contributed by atoms with van der Waals surface area (Å²) < 4.78 is 12.2. The van der Waals surface area contributed by atoms with Crippen LogP contribution in [-0.2, 0) is 6.54 Å². The lowest BCUT2D eigenvalue weighted by molar-refractivity contribution is 0.366. The lowest BCUT2D eigenvalue weighted by atomic mass is 10.3. The molecular weight excluding hydrogens is 220 g/mol. The average molecular weight is 234 g/mol. The van der Waals surface area contributed by atoms with E-state index in [0.29, 0.717) is 17.6 Å². The van der Waals surface area contributed by atoms with E-state index in [9.17, 15) is 0 Å². The molecule has 0 atom stereocenters. The Kier molecular flexibility index (Phi) is 3.24. The number of hydrogen-bond acceptors (Lipinski definition) is 5. The van der Waals surface area contributed by atoms with Gasteiger partial charge in [0.25, 0.3) is 0 Å². The fourth-order valence-corrected chi connectivity index (χ4v) is 1.62. The summed E-state index contributed by atoms with van der Waals surface area (Å²) in [6.45, 7) is 0.272. The molecule has 1 aromatic carbocycles. The Balaban J connectivity index is 2.62. The SMILES string of the molecule is COc1ccccc1-n1c(CN)nnc1OC. The minimum atomic E-state index is 0.272. The molecule has 0 unspecified atom stereocenters. The maximum Gasteiger partial charge on any atom is 0.321 e. The number of aromatic nitrogens is 3. The van der Waals surface area contributed by atoms with Crippen molar-refractivity contribution in [3.05, 3.63) is 30.1 Å². The third kappa shape index (κ3) is 1.94. The summed E-state index contributed by atoms with van der Waals surface area (Å²) in [5.41, 5.74) is 6.43. The van der Waals surface area contributed by atoms with Gasteiger partial charge in [-0.3, -0.25) is 0 Å². The van der Waals surface area contributed by atoms with E-state index in [1.807, 2.05) is 24.3 Å². The van der Waals surface area contributed by atoms with Gasteiger partial charge in [0.05, 0.1) is 26.5 Å². The maximum absolute atomic E-state index is 5.63. The second-order valence-corrected chi connectivity index (χ2v) is 3.31. The van der Waals surface area contributed by atoms with Crippen molar-refractivity contribution in [1.29, 1.82) is 0 Å². The zero-order chi connectivity index (χ0) is 12.3. The molecule has 0 aliphatic heterocycles. The van der Waals surface area contributed by atoms with Crippen LogP contribution >= 0.6 is 0 Å². The number of rotatable bonds is 4. The van der Waals surface area contributed by atoms with Crippen LogP contribution in [0.15, 0.2) is 24.3 Å². The van der Waals surface area contributed by atoms with E-state index in [-0.39, 0.29) is 6.54 Å². The standard InChI is InChI=1S/C11H14N4O2/c1-16-9-6-4-3-5-8(9)15-10(7-12)13-14-11(15)17-2/h3-6H,7,12H2,1-2H3. The van der Waals surface area contributed by atoms with Gasteiger partial charge in [0.2, 0.25) is 0 Å². The van der Waals surface area contributed by atoms with Crippen LogP contribution in [0.5, 0.6) is 11.8 Å². The molecule has 0 bridgehead atoms. The Morgan fingerprint density at radius 2 is 1.94 bits per heavy atom. The smallest absolute Gasteiger partial charge is 0.321 e. The molecule has 0 radical (unpaired) electrons. The van der Waals surface area contributed by atoms with Crippen molar-refractivity contribution in [1.82, 2.24) is 14.8 Å². The fourth-order valence-electron chi connectivity index (χ4n) is 1.62. The van der Waals surface area contributed by atoms with Gasteiger partial charge in [-0.1, -0.05) is 17.2 Å². The van der Waals surface area contributed by atoms with Gasteiger partial charge < -0.3 is 15.2 Å². The van der Waals surface area contributed by atoms with Gasteiger partial charge in [0.1, 0.15) is 5.75 Å². The zero-order valence-electron chi connectivity index (χ0n) is 9.75. The predicted molar refractivity (Wildman–Crippen MR) is 62.4 cm³/mol. The third-order valence-corrected chi connectivity index (χ3v) is 2.39. The molecule has 6 heteroatoms. The van der Waals surface area contributed by atoms with E-state index in [4.69, 9.17) is 15.2 Å². The van der Waals surface area contributed by atoms with Gasteiger partial charge in [-0.05, 0) is 12.1 Å². The lowest BCUT2D eigenvalue weighted by Gasteiger charge is -2.12. The Morgan fingerprint density at radius 1 is 1.18 bits per heavy atom. The van der Waals surface area contributed by atoms with Gasteiger partial charge in [0, 0.05) is 0 Å². The molecule has 0 saturated carbocycles. The van der Waals surface area contributed by atoms with E-state index in [0.717, 1.165) is 5.69 Å². The summed E-state index contributed by atoms with van der Waals surface area (Å²) in [5.74, 6) is 1.33. The van der Waals surface area contributed by atoms with Gasteiger partial charge in [0.15, 0.2) is 5.82 Å². The largest absolute Gasteiger partial charge is 0.495 e. The highest BCUT2D eigenvalue weighted by Crippen LogP contribution is 2.26. The number of para-hydroxylation sites is 2. The molecule has 0 saturated heterocycles. The normalized spacial score (nSPS) is 10.3. The number of nitrogens with two attached hydrogens (primary N) is 1. The van der Waals surface area contributed by atoms with E-state index in [2.05, 4.69) is 10.2 Å². The summed E-state index contributed by atoms with van der Waals surface area (Å²) in [7, 11) is 3.15. The summed E-state index contributed by atoms with van der Waals surface area (Å²) >= 11 is 0. The molecule has 2 aromatic rings. The molecule has 2 N–H and O–H groups in total. The summed E-state index contributed by atoms with van der Waals surface area (Å²) in [6, 6.07) is 7.92. The van der Waals surface area contributed by atoms with E-state index < -0.39 is 0 Å². The second-order valence-electron chi connectivity index (χ2n) is 3.31. The molecule has 17 heavy (non-hydrogen) atoms. The highest BCUT2D eigenvalue weighted by Gasteiger charge is 2.15. The van der Waals surface area contributed by atoms with Gasteiger partial charge >= 0.3 is 6.01 Å². The summed E-state index contributed by atoms with van der Waals surface area (Å²) in [6.07, 6.45) is 0. The van der Waals surface area contributed by atoms with Crippen LogP contribution in [0.2, 0.25) is 0 Å². The minimum absolute atomic E-state index is 0.272. The number of ether oxygens (including phenoxy) is 2. The fraction of sp³-hybridized carbons (Fsp3) is 0.273. The number of benzene rings is 1. The third-order valence-electron chi connectivity index (χ3n) is 2.39. The molecule has 0 amide bonds. The number of methoxy groups -OCH3 is 2. The Bertz CT molecular complexity index is 488. The lowest BCUT2D eigenvalue weighted by Crippen LogP contribution is -2.09. The van der Waals surface area contributed by atoms with E-state index in [1.54, 1.807) is 11.7 Å². The first-order chi connectivity index (χ1) is 8.31. The highest BCUT2D eigenvalue weighted by atomic mass is 16.5. The van der Waals surface area contributed by atoms with Crippen molar-refractivity contribution in [2.24, 2.45) is 5.73 Å². The van der Waals surface area contributed by atoms with Gasteiger partial charge in [-0.25, -0.2) is 4.57 Å². The quantitative estimate of drug-likeness (QED) is 0.844. The summed E-state index contributed by atoms with van der Waals surface area (Å²) in [5, 5.41) is 7.88. The first kappa shape index (κ1) is 11.4. The van der Waals surface area contributed by atoms with Crippen molar-refractivity contribution < 1.29 is 9.47 Å². The van der Waals surface area contributed by atoms with Crippen LogP contribution in [0.25, 0.3) is 5.69 Å². The Labute approximate surface area is 99.0 Å². The number of nitrogens with zero attached hydrogens (tertiary/aromatic N) is 3. The van der Waals surface area contributed by atoms with Crippen molar-refractivity contribution in [3.8, 4) is 17.4 Å². The Morgan fingerprint density at radius 3 is 2.59 bits per heavy atom. The molecule has 0 spiro atoms. The monoisotopic (exact) mass is 234 g/mol. The molecule has 6 nitrogen and oxygen atoms in total. The van der Waals surface area contributed by atoms with Crippen LogP contribution in [0, 0.1) is 0 Å². The van der Waals surface area contributed by atoms with E-state index >= 15 is 0 Å². The molecule has 2 rings (SSSR count). The molecule has 0 fully saturated rings. The van der Waals surface area contributed by atoms with Crippen molar-refractivity contribution in [2.75, 3.05) is 14.2 Å². The van der Waals surface area contributed by atoms with Crippen LogP contribution < -0.4 is 15.2 Å². The van der Waals surface area contributed by atoms with Gasteiger partial charge in [-0.15, -0.1) is 5.10 Å². The van der Waals surface area contributed by atoms with E-state index in [1.165, 1.54) is 7.11 Å². The molecular formula is C11H14N4O2. The van der Waals surface area contributed by atoms with Crippen LogP contribution in [0.3, 0.4) is 0 Å². The summed E-state index contributed by atoms with van der Waals surface area (Å²) in [4.78, 5) is 0. The zero-order valence-corrected chi connectivity index (χ0v) is 9.75. The van der Waals surface area contributed by atoms with Crippen molar-refractivity contribution in [3.63, 3.8) is 0 Å². The molecule has 90 valence electrons. The van der Waals surface area contributed by atoms with Crippen LogP contribution in [-0.4, -0.2) is 29.0 Å². The number of hydrogen-bond donors (Lipinski definition) is 1. The first-order valence-electron chi connectivity index (χ1n) is 5.13. The van der Waals surface area contributed by atoms with Crippen LogP contribution in [0.4, 0.5) is 0 Å². The molecule has 0 aliphatic rings. The molecule has 1 heterocycles. The Hall–Kier alpha value is -2.08. The predicted octanol–water partition coefficient (Wildman–Crippen LogP) is 0.743. The highest BCUT2D eigenvalue weighted by molar-refractivity contribution is 5.48. The average Bonchev–Trinajstić information content (AvgIpc) is 2.81. The van der Waals surface area contributed by atoms with Crippen LogP contribution in [0.1, 0.15) is 5.82 Å².